The molecule has 2 fully saturated rings. The molecule has 4 nitrogen and oxygen atoms in total. The molecule has 1 aromatic carbocycles. The smallest absolute Gasteiger partial charge is 0.321 e. The lowest BCUT2D eigenvalue weighted by Crippen LogP contribution is -2.34. The number of benzene rings is 1. The molecule has 5 heteroatoms. The van der Waals surface area contributed by atoms with Crippen LogP contribution in [0.5, 0.6) is 0 Å². The average molecular weight is 366 g/mol. The third kappa shape index (κ3) is 3.82. The van der Waals surface area contributed by atoms with Gasteiger partial charge in [-0.05, 0) is 69.0 Å². The molecule has 3 rings (SSSR count). The summed E-state index contributed by atoms with van der Waals surface area (Å²) in [5.41, 5.74) is 2.00. The molecule has 2 aliphatic heterocycles. The van der Waals surface area contributed by atoms with Crippen LogP contribution in [0.1, 0.15) is 24.8 Å². The van der Waals surface area contributed by atoms with Gasteiger partial charge < -0.3 is 15.1 Å². The summed E-state index contributed by atoms with van der Waals surface area (Å²) in [5, 5.41) is 3.02. The standard InChI is InChI=1S/C17H24BrN3O/c1-13-10-15(4-5-16(13)18)19-17(22)21-9-6-14(12-21)11-20-7-2-3-8-20/h4-5,10,14H,2-3,6-9,11-12H2,1H3,(H,19,22)/t14-/m1/s1. The van der Waals surface area contributed by atoms with E-state index in [1.165, 1.54) is 25.9 Å². The van der Waals surface area contributed by atoms with Crippen LogP contribution in [0.3, 0.4) is 0 Å². The summed E-state index contributed by atoms with van der Waals surface area (Å²) < 4.78 is 1.07. The second kappa shape index (κ2) is 7.01. The van der Waals surface area contributed by atoms with Crippen LogP contribution in [0.2, 0.25) is 0 Å². The largest absolute Gasteiger partial charge is 0.324 e. The first-order valence-electron chi connectivity index (χ1n) is 8.16. The predicted molar refractivity (Wildman–Crippen MR) is 93.3 cm³/mol. The summed E-state index contributed by atoms with van der Waals surface area (Å²) in [4.78, 5) is 16.9. The number of aryl methyl sites for hydroxylation is 1. The maximum absolute atomic E-state index is 12.4. The van der Waals surface area contributed by atoms with Gasteiger partial charge in [0.15, 0.2) is 0 Å². The van der Waals surface area contributed by atoms with Gasteiger partial charge in [-0.3, -0.25) is 0 Å². The number of urea groups is 1. The topological polar surface area (TPSA) is 35.6 Å². The number of anilines is 1. The summed E-state index contributed by atoms with van der Waals surface area (Å²) >= 11 is 3.48. The number of likely N-dealkylation sites (tertiary alicyclic amines) is 2. The molecule has 0 aliphatic carbocycles. The Morgan fingerprint density at radius 3 is 2.82 bits per heavy atom. The van der Waals surface area contributed by atoms with E-state index in [1.807, 2.05) is 30.0 Å². The highest BCUT2D eigenvalue weighted by atomic mass is 79.9. The molecule has 0 saturated carbocycles. The Hall–Kier alpha value is -1.07. The van der Waals surface area contributed by atoms with Crippen LogP contribution < -0.4 is 5.32 Å². The number of carbonyl (C=O) groups is 1. The molecule has 1 atom stereocenters. The van der Waals surface area contributed by atoms with Crippen LogP contribution in [0.15, 0.2) is 22.7 Å². The minimum atomic E-state index is 0.0330. The first-order chi connectivity index (χ1) is 10.6. The number of amides is 2. The number of carbonyl (C=O) groups excluding carboxylic acids is 1. The molecule has 2 heterocycles. The molecule has 2 amide bonds. The highest BCUT2D eigenvalue weighted by Crippen LogP contribution is 2.23. The van der Waals surface area contributed by atoms with Crippen molar-refractivity contribution in [1.29, 1.82) is 0 Å². The zero-order chi connectivity index (χ0) is 15.5. The van der Waals surface area contributed by atoms with E-state index in [-0.39, 0.29) is 6.03 Å². The fourth-order valence-electron chi connectivity index (χ4n) is 3.42. The first kappa shape index (κ1) is 15.8. The fraction of sp³-hybridized carbons (Fsp3) is 0.588. The maximum Gasteiger partial charge on any atom is 0.321 e. The van der Waals surface area contributed by atoms with Crippen LogP contribution in [0.4, 0.5) is 10.5 Å². The molecular weight excluding hydrogens is 342 g/mol. The molecule has 1 N–H and O–H groups in total. The lowest BCUT2D eigenvalue weighted by Gasteiger charge is -2.21. The molecule has 0 spiro atoms. The van der Waals surface area contributed by atoms with Crippen LogP contribution in [-0.2, 0) is 0 Å². The summed E-state index contributed by atoms with van der Waals surface area (Å²) in [6, 6.07) is 5.95. The van der Waals surface area contributed by atoms with Crippen molar-refractivity contribution in [2.45, 2.75) is 26.2 Å². The molecule has 0 radical (unpaired) electrons. The maximum atomic E-state index is 12.4. The third-order valence-corrected chi connectivity index (χ3v) is 5.59. The summed E-state index contributed by atoms with van der Waals surface area (Å²) in [5.74, 6) is 0.635. The van der Waals surface area contributed by atoms with Crippen molar-refractivity contribution in [2.75, 3.05) is 38.0 Å². The third-order valence-electron chi connectivity index (χ3n) is 4.70. The van der Waals surface area contributed by atoms with E-state index in [1.54, 1.807) is 0 Å². The first-order valence-corrected chi connectivity index (χ1v) is 8.95. The van der Waals surface area contributed by atoms with Crippen molar-refractivity contribution in [1.82, 2.24) is 9.80 Å². The number of hydrogen-bond donors (Lipinski definition) is 1. The van der Waals surface area contributed by atoms with E-state index in [0.29, 0.717) is 5.92 Å². The minimum Gasteiger partial charge on any atom is -0.324 e. The van der Waals surface area contributed by atoms with Crippen LogP contribution in [-0.4, -0.2) is 48.6 Å². The highest BCUT2D eigenvalue weighted by Gasteiger charge is 2.28. The second-order valence-corrected chi connectivity index (χ2v) is 7.36. The van der Waals surface area contributed by atoms with Crippen LogP contribution in [0, 0.1) is 12.8 Å². The van der Waals surface area contributed by atoms with Gasteiger partial charge in [0, 0.05) is 29.8 Å². The Balaban J connectivity index is 1.51. The molecule has 1 aromatic rings. The van der Waals surface area contributed by atoms with Gasteiger partial charge in [0.05, 0.1) is 0 Å². The van der Waals surface area contributed by atoms with Crippen LogP contribution in [0.25, 0.3) is 0 Å². The van der Waals surface area contributed by atoms with Crippen molar-refractivity contribution in [3.63, 3.8) is 0 Å². The van der Waals surface area contributed by atoms with Gasteiger partial charge in [0.1, 0.15) is 0 Å². The van der Waals surface area contributed by atoms with E-state index >= 15 is 0 Å². The fourth-order valence-corrected chi connectivity index (χ4v) is 3.67. The van der Waals surface area contributed by atoms with Crippen LogP contribution >= 0.6 is 15.9 Å². The Morgan fingerprint density at radius 1 is 1.32 bits per heavy atom. The van der Waals surface area contributed by atoms with Gasteiger partial charge in [-0.15, -0.1) is 0 Å². The average Bonchev–Trinajstić information content (AvgIpc) is 3.15. The summed E-state index contributed by atoms with van der Waals surface area (Å²) in [7, 11) is 0. The molecule has 0 aromatic heterocycles. The minimum absolute atomic E-state index is 0.0330. The van der Waals surface area contributed by atoms with Crippen molar-refractivity contribution >= 4 is 27.6 Å². The van der Waals surface area contributed by atoms with E-state index in [4.69, 9.17) is 0 Å². The van der Waals surface area contributed by atoms with Crippen molar-refractivity contribution < 1.29 is 4.79 Å². The number of nitrogens with zero attached hydrogens (tertiary/aromatic N) is 2. The SMILES string of the molecule is Cc1cc(NC(=O)N2CC[C@H](CN3CCCC3)C2)ccc1Br. The highest BCUT2D eigenvalue weighted by molar-refractivity contribution is 9.10. The van der Waals surface area contributed by atoms with Gasteiger partial charge in [-0.25, -0.2) is 4.79 Å². The Morgan fingerprint density at radius 2 is 2.09 bits per heavy atom. The number of nitrogens with one attached hydrogen (secondary N) is 1. The van der Waals surface area contributed by atoms with Crippen molar-refractivity contribution in [3.05, 3.63) is 28.2 Å². The van der Waals surface area contributed by atoms with Crippen molar-refractivity contribution in [2.24, 2.45) is 5.92 Å². The lowest BCUT2D eigenvalue weighted by atomic mass is 10.1. The Kier molecular flexibility index (Phi) is 5.03. The van der Waals surface area contributed by atoms with E-state index in [0.717, 1.165) is 41.8 Å². The molecule has 22 heavy (non-hydrogen) atoms. The monoisotopic (exact) mass is 365 g/mol. The van der Waals surface area contributed by atoms with Gasteiger partial charge >= 0.3 is 6.03 Å². The second-order valence-electron chi connectivity index (χ2n) is 6.50. The number of halogens is 1. The zero-order valence-electron chi connectivity index (χ0n) is 13.1. The normalized spacial score (nSPS) is 22.3. The molecule has 120 valence electrons. The van der Waals surface area contributed by atoms with E-state index in [9.17, 15) is 4.79 Å². The number of rotatable bonds is 3. The Labute approximate surface area is 141 Å². The predicted octanol–water partition coefficient (Wildman–Crippen LogP) is 3.71. The summed E-state index contributed by atoms with van der Waals surface area (Å²) in [6.07, 6.45) is 3.79. The molecule has 2 saturated heterocycles. The van der Waals surface area contributed by atoms with Gasteiger partial charge in [-0.1, -0.05) is 15.9 Å². The Bertz CT molecular complexity index is 543. The number of hydrogen-bond acceptors (Lipinski definition) is 2. The molecule has 0 bridgehead atoms. The zero-order valence-corrected chi connectivity index (χ0v) is 14.7. The molecule has 0 unspecified atom stereocenters. The van der Waals surface area contributed by atoms with Gasteiger partial charge in [0.25, 0.3) is 0 Å². The molecule has 2 aliphatic rings. The van der Waals surface area contributed by atoms with E-state index < -0.39 is 0 Å². The summed E-state index contributed by atoms with van der Waals surface area (Å²) in [6.45, 7) is 7.42. The van der Waals surface area contributed by atoms with Crippen molar-refractivity contribution in [3.8, 4) is 0 Å². The lowest BCUT2D eigenvalue weighted by molar-refractivity contribution is 0.217. The van der Waals surface area contributed by atoms with Gasteiger partial charge in [0.2, 0.25) is 0 Å². The molecular formula is C17H24BrN3O. The van der Waals surface area contributed by atoms with E-state index in [2.05, 4.69) is 26.1 Å². The van der Waals surface area contributed by atoms with Gasteiger partial charge in [-0.2, -0.15) is 0 Å². The quantitative estimate of drug-likeness (QED) is 0.885.